The normalized spacial score (nSPS) is 17.1. The van der Waals surface area contributed by atoms with Gasteiger partial charge >= 0.3 is 5.97 Å². The molecule has 76 valence electrons. The molecule has 0 radical (unpaired) electrons. The lowest BCUT2D eigenvalue weighted by molar-refractivity contribution is -0.156. The largest absolute Gasteiger partial charge is 0.479 e. The van der Waals surface area contributed by atoms with Crippen molar-refractivity contribution in [1.29, 1.82) is 0 Å². The van der Waals surface area contributed by atoms with Crippen molar-refractivity contribution < 1.29 is 15.0 Å². The van der Waals surface area contributed by atoms with Gasteiger partial charge in [-0.05, 0) is 12.5 Å². The molecule has 1 aromatic rings. The summed E-state index contributed by atoms with van der Waals surface area (Å²) in [6.07, 6.45) is 0. The smallest absolute Gasteiger partial charge is 0.336 e. The summed E-state index contributed by atoms with van der Waals surface area (Å²) in [7, 11) is 0. The maximum Gasteiger partial charge on any atom is 0.336 e. The van der Waals surface area contributed by atoms with Crippen molar-refractivity contribution in [3.8, 4) is 0 Å². The fourth-order valence-corrected chi connectivity index (χ4v) is 1.74. The molecule has 0 amide bonds. The van der Waals surface area contributed by atoms with Crippen molar-refractivity contribution in [2.45, 2.75) is 16.4 Å². The number of aliphatic carboxylic acids is 1. The third kappa shape index (κ3) is 2.24. The number of carbonyl (C=O) groups is 1. The van der Waals surface area contributed by atoms with E-state index < -0.39 is 15.5 Å². The maximum atomic E-state index is 10.8. The van der Waals surface area contributed by atoms with Gasteiger partial charge in [0.15, 0.2) is 5.60 Å². The van der Waals surface area contributed by atoms with E-state index in [1.807, 2.05) is 40.8 Å². The van der Waals surface area contributed by atoms with Gasteiger partial charge in [-0.2, -0.15) is 0 Å². The van der Waals surface area contributed by atoms with Crippen LogP contribution >= 0.6 is 22.6 Å². The van der Waals surface area contributed by atoms with Crippen LogP contribution in [-0.2, 0) is 4.79 Å². The maximum absolute atomic E-state index is 10.8. The summed E-state index contributed by atoms with van der Waals surface area (Å²) in [4.78, 5) is 10.8. The molecule has 0 heterocycles. The molecule has 14 heavy (non-hydrogen) atoms. The van der Waals surface area contributed by atoms with Crippen LogP contribution in [0.4, 0.5) is 0 Å². The van der Waals surface area contributed by atoms with Gasteiger partial charge < -0.3 is 10.2 Å². The van der Waals surface area contributed by atoms with Crippen molar-refractivity contribution in [2.75, 3.05) is 0 Å². The van der Waals surface area contributed by atoms with Crippen molar-refractivity contribution >= 4 is 28.6 Å². The van der Waals surface area contributed by atoms with E-state index in [-0.39, 0.29) is 0 Å². The molecular formula is C10H11IO3. The molecular weight excluding hydrogens is 295 g/mol. The van der Waals surface area contributed by atoms with Crippen LogP contribution in [0.3, 0.4) is 0 Å². The zero-order valence-corrected chi connectivity index (χ0v) is 9.80. The minimum atomic E-state index is -1.73. The van der Waals surface area contributed by atoms with E-state index in [1.54, 1.807) is 12.1 Å². The minimum Gasteiger partial charge on any atom is -0.479 e. The Balaban J connectivity index is 2.96. The van der Waals surface area contributed by atoms with Crippen LogP contribution in [0.5, 0.6) is 0 Å². The number of hydrogen-bond acceptors (Lipinski definition) is 2. The van der Waals surface area contributed by atoms with E-state index in [0.29, 0.717) is 0 Å². The van der Waals surface area contributed by atoms with Crippen molar-refractivity contribution in [3.05, 3.63) is 35.9 Å². The van der Waals surface area contributed by atoms with Gasteiger partial charge in [-0.25, -0.2) is 4.79 Å². The zero-order chi connectivity index (χ0) is 10.8. The molecule has 2 N–H and O–H groups in total. The van der Waals surface area contributed by atoms with Gasteiger partial charge in [0, 0.05) is 0 Å². The van der Waals surface area contributed by atoms with E-state index in [4.69, 9.17) is 5.11 Å². The first-order valence-electron chi connectivity index (χ1n) is 4.11. The fourth-order valence-electron chi connectivity index (χ4n) is 1.05. The van der Waals surface area contributed by atoms with Crippen LogP contribution in [0.25, 0.3) is 0 Å². The van der Waals surface area contributed by atoms with Crippen LogP contribution in [-0.4, -0.2) is 21.8 Å². The Labute approximate surface area is 95.9 Å². The molecule has 3 nitrogen and oxygen atoms in total. The second kappa shape index (κ2) is 4.27. The standard InChI is InChI=1S/C10H11IO3/c1-10(14,9(12)13)8(11)7-5-3-2-4-6-7/h2-6,8,14H,1H3,(H,12,13)/t8-,10-/m1/s1. The first-order chi connectivity index (χ1) is 6.46. The van der Waals surface area contributed by atoms with E-state index in [9.17, 15) is 9.90 Å². The number of rotatable bonds is 3. The summed E-state index contributed by atoms with van der Waals surface area (Å²) >= 11 is 1.93. The van der Waals surface area contributed by atoms with E-state index in [2.05, 4.69) is 0 Å². The molecule has 0 aromatic heterocycles. The summed E-state index contributed by atoms with van der Waals surface area (Å²) in [5, 5.41) is 18.5. The number of halogens is 1. The molecule has 0 bridgehead atoms. The van der Waals surface area contributed by atoms with Gasteiger partial charge in [0.1, 0.15) is 0 Å². The van der Waals surface area contributed by atoms with Crippen molar-refractivity contribution in [3.63, 3.8) is 0 Å². The molecule has 0 aliphatic carbocycles. The molecule has 4 heteroatoms. The molecule has 1 rings (SSSR count). The monoisotopic (exact) mass is 306 g/mol. The van der Waals surface area contributed by atoms with Gasteiger partial charge in [0.05, 0.1) is 3.92 Å². The Morgan fingerprint density at radius 3 is 2.36 bits per heavy atom. The van der Waals surface area contributed by atoms with E-state index in [0.717, 1.165) is 5.56 Å². The summed E-state index contributed by atoms with van der Waals surface area (Å²) in [6, 6.07) is 9.09. The average Bonchev–Trinajstić information content (AvgIpc) is 2.17. The van der Waals surface area contributed by atoms with Crippen molar-refractivity contribution in [2.24, 2.45) is 0 Å². The number of hydrogen-bond donors (Lipinski definition) is 2. The Kier molecular flexibility index (Phi) is 3.49. The molecule has 0 aliphatic heterocycles. The first-order valence-corrected chi connectivity index (χ1v) is 5.35. The lowest BCUT2D eigenvalue weighted by Gasteiger charge is -2.24. The molecule has 0 spiro atoms. The summed E-state index contributed by atoms with van der Waals surface area (Å²) in [5.41, 5.74) is -0.928. The van der Waals surface area contributed by atoms with Crippen LogP contribution < -0.4 is 0 Å². The third-order valence-electron chi connectivity index (χ3n) is 2.02. The molecule has 0 aliphatic rings. The quantitative estimate of drug-likeness (QED) is 0.663. The Morgan fingerprint density at radius 2 is 1.93 bits per heavy atom. The second-order valence-corrected chi connectivity index (χ2v) is 4.47. The van der Waals surface area contributed by atoms with Crippen LogP contribution in [0.2, 0.25) is 0 Å². The highest BCUT2D eigenvalue weighted by molar-refractivity contribution is 14.1. The van der Waals surface area contributed by atoms with Gasteiger partial charge in [-0.1, -0.05) is 52.9 Å². The van der Waals surface area contributed by atoms with Gasteiger partial charge in [0.2, 0.25) is 0 Å². The number of aliphatic hydroxyl groups is 1. The Hall–Kier alpha value is -0.620. The molecule has 0 saturated heterocycles. The number of carboxylic acid groups (broad SMARTS) is 1. The van der Waals surface area contributed by atoms with Crippen LogP contribution in [0.15, 0.2) is 30.3 Å². The molecule has 1 aromatic carbocycles. The molecule has 2 atom stereocenters. The number of alkyl halides is 1. The highest BCUT2D eigenvalue weighted by Gasteiger charge is 2.38. The molecule has 0 saturated carbocycles. The highest BCUT2D eigenvalue weighted by atomic mass is 127. The SMILES string of the molecule is C[C@](O)(C(=O)O)[C@H](I)c1ccccc1. The predicted molar refractivity (Wildman–Crippen MR) is 61.5 cm³/mol. The van der Waals surface area contributed by atoms with Crippen LogP contribution in [0, 0.1) is 0 Å². The predicted octanol–water partition coefficient (Wildman–Crippen LogP) is 2.00. The summed E-state index contributed by atoms with van der Waals surface area (Å²) < 4.78 is -0.459. The van der Waals surface area contributed by atoms with Crippen LogP contribution in [0.1, 0.15) is 16.4 Å². The van der Waals surface area contributed by atoms with Gasteiger partial charge in [0.25, 0.3) is 0 Å². The molecule has 0 unspecified atom stereocenters. The van der Waals surface area contributed by atoms with Crippen molar-refractivity contribution in [1.82, 2.24) is 0 Å². The zero-order valence-electron chi connectivity index (χ0n) is 7.64. The first kappa shape index (κ1) is 11.5. The van der Waals surface area contributed by atoms with Gasteiger partial charge in [-0.3, -0.25) is 0 Å². The Morgan fingerprint density at radius 1 is 1.43 bits per heavy atom. The minimum absolute atomic E-state index is 0.459. The third-order valence-corrected chi connectivity index (χ3v) is 3.95. The topological polar surface area (TPSA) is 57.5 Å². The highest BCUT2D eigenvalue weighted by Crippen LogP contribution is 2.34. The average molecular weight is 306 g/mol. The van der Waals surface area contributed by atoms with E-state index in [1.165, 1.54) is 6.92 Å². The number of carboxylic acids is 1. The Bertz CT molecular complexity index is 321. The lowest BCUT2D eigenvalue weighted by Crippen LogP contribution is -2.38. The van der Waals surface area contributed by atoms with E-state index >= 15 is 0 Å². The summed E-state index contributed by atoms with van der Waals surface area (Å²) in [6.45, 7) is 1.31. The fraction of sp³-hybridized carbons (Fsp3) is 0.300. The molecule has 0 fully saturated rings. The number of benzene rings is 1. The van der Waals surface area contributed by atoms with Gasteiger partial charge in [-0.15, -0.1) is 0 Å². The lowest BCUT2D eigenvalue weighted by atomic mass is 9.97. The summed E-state index contributed by atoms with van der Waals surface area (Å²) in [5.74, 6) is -1.21. The second-order valence-electron chi connectivity index (χ2n) is 3.23.